The van der Waals surface area contributed by atoms with E-state index in [1.807, 2.05) is 72.8 Å². The van der Waals surface area contributed by atoms with Crippen LogP contribution in [0.4, 0.5) is 0 Å². The predicted octanol–water partition coefficient (Wildman–Crippen LogP) is 6.41. The summed E-state index contributed by atoms with van der Waals surface area (Å²) in [5.74, 6) is -0.906. The first kappa shape index (κ1) is 32.7. The van der Waals surface area contributed by atoms with E-state index in [4.69, 9.17) is 37.4 Å². The summed E-state index contributed by atoms with van der Waals surface area (Å²) in [6.07, 6.45) is -0.468. The van der Waals surface area contributed by atoms with E-state index >= 15 is 0 Å². The number of amides is 1. The molecule has 0 radical (unpaired) electrons. The Hall–Kier alpha value is -3.73. The number of aliphatic hydroxyl groups is 1. The molecule has 4 aromatic rings. The molecule has 2 heterocycles. The predicted molar refractivity (Wildman–Crippen MR) is 170 cm³/mol. The number of nitrogens with one attached hydrogen (secondary N) is 1. The lowest BCUT2D eigenvalue weighted by Gasteiger charge is -2.41. The molecule has 0 unspecified atom stereocenters. The van der Waals surface area contributed by atoms with E-state index in [1.165, 1.54) is 13.8 Å². The largest absolute Gasteiger partial charge is 0.453 e. The number of rotatable bonds is 10. The van der Waals surface area contributed by atoms with Gasteiger partial charge in [-0.05, 0) is 40.8 Å². The Morgan fingerprint density at radius 1 is 1.00 bits per heavy atom. The van der Waals surface area contributed by atoms with Gasteiger partial charge in [0.15, 0.2) is 17.5 Å². The van der Waals surface area contributed by atoms with Crippen molar-refractivity contribution in [3.8, 4) is 11.1 Å². The third-order valence-electron chi connectivity index (χ3n) is 7.85. The van der Waals surface area contributed by atoms with Gasteiger partial charge in [0.1, 0.15) is 5.15 Å². The molecule has 0 bridgehead atoms. The molecule has 0 aliphatic carbocycles. The monoisotopic (exact) mass is 651 g/mol. The van der Waals surface area contributed by atoms with Crippen LogP contribution in [0.1, 0.15) is 55.4 Å². The molecule has 1 aromatic heterocycles. The SMILES string of the molecule is CC(=O)O[C@@H](C)C(=O)NCc1cccc(-c2ccc([C@H]3O[C@@H](Cn4cnc(Cl)c4Cl)[C@@H](C)[C@@H](c4ccc(CO)cc4)O3)cc2)c1. The third-order valence-corrected chi connectivity index (χ3v) is 8.62. The minimum Gasteiger partial charge on any atom is -0.453 e. The molecule has 1 saturated heterocycles. The summed E-state index contributed by atoms with van der Waals surface area (Å²) in [5, 5.41) is 12.9. The summed E-state index contributed by atoms with van der Waals surface area (Å²) < 4.78 is 19.8. The molecule has 45 heavy (non-hydrogen) atoms. The van der Waals surface area contributed by atoms with Gasteiger partial charge in [-0.3, -0.25) is 9.59 Å². The molecular weight excluding hydrogens is 617 g/mol. The van der Waals surface area contributed by atoms with Gasteiger partial charge < -0.3 is 29.2 Å². The van der Waals surface area contributed by atoms with Gasteiger partial charge in [0, 0.05) is 24.9 Å². The zero-order valence-corrected chi connectivity index (χ0v) is 26.7. The number of hydrogen-bond acceptors (Lipinski definition) is 7. The number of nitrogens with zero attached hydrogens (tertiary/aromatic N) is 2. The molecule has 9 nitrogen and oxygen atoms in total. The van der Waals surface area contributed by atoms with Crippen LogP contribution < -0.4 is 5.32 Å². The van der Waals surface area contributed by atoms with Crippen molar-refractivity contribution in [2.45, 2.75) is 65.1 Å². The topological polar surface area (TPSA) is 112 Å². The smallest absolute Gasteiger partial charge is 0.303 e. The summed E-state index contributed by atoms with van der Waals surface area (Å²) in [4.78, 5) is 27.5. The lowest BCUT2D eigenvalue weighted by Crippen LogP contribution is -2.39. The highest BCUT2D eigenvalue weighted by Gasteiger charge is 2.39. The standard InChI is InChI=1S/C34H35Cl2N3O6/c1-20-29(17-39-19-38-31(35)32(39)36)44-34(45-30(20)26-9-7-23(18-40)8-10-26)27-13-11-25(12-14-27)28-6-4-5-24(15-28)16-37-33(42)21(2)43-22(3)41/h4-15,19-21,29-30,34,40H,16-18H2,1-3H3,(H,37,42)/t20-,21+,29+,30+,34+/m1/s1. The van der Waals surface area contributed by atoms with Crippen molar-refractivity contribution in [1.29, 1.82) is 0 Å². The second kappa shape index (κ2) is 14.6. The Kier molecular flexibility index (Phi) is 10.6. The Morgan fingerprint density at radius 2 is 1.71 bits per heavy atom. The average Bonchev–Trinajstić information content (AvgIpc) is 3.36. The van der Waals surface area contributed by atoms with E-state index in [9.17, 15) is 14.7 Å². The second-order valence-corrected chi connectivity index (χ2v) is 11.8. The molecule has 5 atom stereocenters. The van der Waals surface area contributed by atoms with Crippen LogP contribution in [0.3, 0.4) is 0 Å². The second-order valence-electron chi connectivity index (χ2n) is 11.1. The number of carbonyl (C=O) groups excluding carboxylic acids is 2. The number of aromatic nitrogens is 2. The fourth-order valence-electron chi connectivity index (χ4n) is 5.32. The number of halogens is 2. The van der Waals surface area contributed by atoms with Crippen molar-refractivity contribution in [2.24, 2.45) is 5.92 Å². The lowest BCUT2D eigenvalue weighted by atomic mass is 9.90. The van der Waals surface area contributed by atoms with Gasteiger partial charge in [-0.2, -0.15) is 0 Å². The summed E-state index contributed by atoms with van der Waals surface area (Å²) in [6.45, 7) is 5.59. The minimum atomic E-state index is -0.862. The van der Waals surface area contributed by atoms with E-state index in [2.05, 4.69) is 17.2 Å². The maximum Gasteiger partial charge on any atom is 0.303 e. The van der Waals surface area contributed by atoms with Gasteiger partial charge in [-0.25, -0.2) is 4.98 Å². The van der Waals surface area contributed by atoms with Gasteiger partial charge in [0.2, 0.25) is 0 Å². The highest BCUT2D eigenvalue weighted by atomic mass is 35.5. The molecule has 5 rings (SSSR count). The molecule has 2 N–H and O–H groups in total. The maximum atomic E-state index is 12.3. The van der Waals surface area contributed by atoms with Gasteiger partial charge >= 0.3 is 5.97 Å². The van der Waals surface area contributed by atoms with Crippen LogP contribution in [0.15, 0.2) is 79.1 Å². The highest BCUT2D eigenvalue weighted by Crippen LogP contribution is 2.42. The average molecular weight is 653 g/mol. The number of esters is 1. The van der Waals surface area contributed by atoms with Crippen molar-refractivity contribution < 1.29 is 28.9 Å². The third kappa shape index (κ3) is 7.92. The van der Waals surface area contributed by atoms with Gasteiger partial charge in [-0.1, -0.05) is 96.9 Å². The Morgan fingerprint density at radius 3 is 2.36 bits per heavy atom. The van der Waals surface area contributed by atoms with Crippen LogP contribution in [0.5, 0.6) is 0 Å². The van der Waals surface area contributed by atoms with E-state index in [1.54, 1.807) is 10.9 Å². The fraction of sp³-hybridized carbons (Fsp3) is 0.324. The quantitative estimate of drug-likeness (QED) is 0.191. The number of imidazole rings is 1. The Balaban J connectivity index is 1.34. The molecule has 236 valence electrons. The van der Waals surface area contributed by atoms with Gasteiger partial charge in [-0.15, -0.1) is 0 Å². The molecule has 3 aromatic carbocycles. The Labute approximate surface area is 272 Å². The van der Waals surface area contributed by atoms with Crippen LogP contribution in [-0.2, 0) is 43.5 Å². The molecule has 1 aliphatic heterocycles. The fourth-order valence-corrected chi connectivity index (χ4v) is 5.63. The molecule has 0 spiro atoms. The van der Waals surface area contributed by atoms with E-state index < -0.39 is 18.4 Å². The number of ether oxygens (including phenoxy) is 3. The number of aliphatic hydroxyl groups excluding tert-OH is 1. The van der Waals surface area contributed by atoms with Crippen molar-refractivity contribution in [2.75, 3.05) is 0 Å². The summed E-state index contributed by atoms with van der Waals surface area (Å²) >= 11 is 12.5. The van der Waals surface area contributed by atoms with E-state index in [-0.39, 0.29) is 35.8 Å². The maximum absolute atomic E-state index is 12.3. The van der Waals surface area contributed by atoms with E-state index in [0.717, 1.165) is 33.4 Å². The van der Waals surface area contributed by atoms with Crippen molar-refractivity contribution in [3.05, 3.63) is 112 Å². The summed E-state index contributed by atoms with van der Waals surface area (Å²) in [6, 6.07) is 23.6. The van der Waals surface area contributed by atoms with Crippen LogP contribution in [0, 0.1) is 5.92 Å². The molecule has 0 saturated carbocycles. The Bertz CT molecular complexity index is 1630. The van der Waals surface area contributed by atoms with Crippen molar-refractivity contribution in [1.82, 2.24) is 14.9 Å². The van der Waals surface area contributed by atoms with Gasteiger partial charge in [0.25, 0.3) is 5.91 Å². The molecule has 1 fully saturated rings. The summed E-state index contributed by atoms with van der Waals surface area (Å²) in [5.41, 5.74) is 5.53. The zero-order valence-electron chi connectivity index (χ0n) is 25.2. The highest BCUT2D eigenvalue weighted by molar-refractivity contribution is 6.40. The number of carbonyl (C=O) groups is 2. The normalized spacial score (nSPS) is 20.4. The van der Waals surface area contributed by atoms with Crippen molar-refractivity contribution >= 4 is 35.1 Å². The molecule has 11 heteroatoms. The molecular formula is C34H35Cl2N3O6. The van der Waals surface area contributed by atoms with Crippen LogP contribution in [-0.4, -0.2) is 38.7 Å². The first-order valence-electron chi connectivity index (χ1n) is 14.6. The minimum absolute atomic E-state index is 0.0329. The van der Waals surface area contributed by atoms with Crippen LogP contribution >= 0.6 is 23.2 Å². The van der Waals surface area contributed by atoms with Gasteiger partial charge in [0.05, 0.1) is 31.7 Å². The zero-order chi connectivity index (χ0) is 32.1. The van der Waals surface area contributed by atoms with E-state index in [0.29, 0.717) is 18.2 Å². The van der Waals surface area contributed by atoms with Crippen molar-refractivity contribution in [3.63, 3.8) is 0 Å². The molecule has 1 amide bonds. The lowest BCUT2D eigenvalue weighted by molar-refractivity contribution is -0.276. The first-order chi connectivity index (χ1) is 21.6. The number of benzene rings is 3. The first-order valence-corrected chi connectivity index (χ1v) is 15.4. The van der Waals surface area contributed by atoms with Crippen LogP contribution in [0.2, 0.25) is 10.3 Å². The molecule has 1 aliphatic rings. The summed E-state index contributed by atoms with van der Waals surface area (Å²) in [7, 11) is 0. The van der Waals surface area contributed by atoms with Crippen LogP contribution in [0.25, 0.3) is 11.1 Å². The number of hydrogen-bond donors (Lipinski definition) is 2.